The summed E-state index contributed by atoms with van der Waals surface area (Å²) in [4.78, 5) is 40.3. The molecule has 3 unspecified atom stereocenters. The topological polar surface area (TPSA) is 114 Å². The molecule has 0 fully saturated rings. The van der Waals surface area contributed by atoms with Crippen molar-refractivity contribution in [3.8, 4) is 0 Å². The van der Waals surface area contributed by atoms with Gasteiger partial charge in [-0.2, -0.15) is 0 Å². The first kappa shape index (κ1) is 86.7. The van der Waals surface area contributed by atoms with Gasteiger partial charge in [-0.15, -0.1) is 0 Å². The summed E-state index contributed by atoms with van der Waals surface area (Å²) in [5, 5.41) is 3.05. The molecule has 0 saturated heterocycles. The van der Waals surface area contributed by atoms with Gasteiger partial charge in [-0.05, 0) is 115 Å². The van der Waals surface area contributed by atoms with Crippen LogP contribution in [-0.2, 0) is 27.9 Å². The molecule has 0 aliphatic carbocycles. The number of phosphoric acid groups is 1. The first-order chi connectivity index (χ1) is 43.9. The normalized spacial score (nSPS) is 14.1. The van der Waals surface area contributed by atoms with Gasteiger partial charge in [0.1, 0.15) is 19.3 Å². The van der Waals surface area contributed by atoms with E-state index in [1.807, 2.05) is 33.3 Å². The number of unbranched alkanes of at least 4 members (excludes halogenated alkanes) is 36. The summed E-state index contributed by atoms with van der Waals surface area (Å²) in [6.45, 7) is 6.73. The minimum absolute atomic E-state index is 0.0267. The number of phosphoric ester groups is 1. The number of nitrogens with zero attached hydrogens (tertiary/aromatic N) is 1. The summed E-state index contributed by atoms with van der Waals surface area (Å²) in [6.07, 6.45) is 95.0. The van der Waals surface area contributed by atoms with E-state index in [4.69, 9.17) is 13.8 Å². The van der Waals surface area contributed by atoms with Gasteiger partial charge in [0.25, 0.3) is 7.82 Å². The maximum atomic E-state index is 13.6. The molecule has 0 saturated carbocycles. The fourth-order valence-electron chi connectivity index (χ4n) is 10.7. The third-order valence-corrected chi connectivity index (χ3v) is 17.4. The molecule has 0 aromatic carbocycles. The van der Waals surface area contributed by atoms with Crippen LogP contribution in [0, 0.1) is 0 Å². The number of carbonyl (C=O) groups is 2. The average molecular weight is 1280 g/mol. The number of hydrogen-bond acceptors (Lipinski definition) is 7. The number of quaternary nitrogens is 1. The molecule has 520 valence electrons. The molecular weight excluding hydrogens is 1130 g/mol. The Morgan fingerprint density at radius 1 is 0.400 bits per heavy atom. The lowest BCUT2D eigenvalue weighted by Gasteiger charge is -2.30. The van der Waals surface area contributed by atoms with E-state index < -0.39 is 26.6 Å². The lowest BCUT2D eigenvalue weighted by Crippen LogP contribution is -2.47. The van der Waals surface area contributed by atoms with Gasteiger partial charge in [0, 0.05) is 12.8 Å². The third-order valence-electron chi connectivity index (χ3n) is 16.4. The molecule has 9 nitrogen and oxygen atoms in total. The van der Waals surface area contributed by atoms with E-state index in [0.717, 1.165) is 109 Å². The predicted molar refractivity (Wildman–Crippen MR) is 390 cm³/mol. The molecular formula is C80H143N2O7P. The van der Waals surface area contributed by atoms with Crippen molar-refractivity contribution < 1.29 is 37.3 Å². The Morgan fingerprint density at radius 2 is 0.711 bits per heavy atom. The Bertz CT molecular complexity index is 1910. The molecule has 10 heteroatoms. The van der Waals surface area contributed by atoms with Crippen LogP contribution in [0.15, 0.2) is 109 Å². The predicted octanol–water partition coefficient (Wildman–Crippen LogP) is 23.8. The summed E-state index contributed by atoms with van der Waals surface area (Å²) in [7, 11) is 1.18. The number of amides is 1. The smallest absolute Gasteiger partial charge is 0.306 e. The second-order valence-corrected chi connectivity index (χ2v) is 27.8. The van der Waals surface area contributed by atoms with Crippen LogP contribution in [0.25, 0.3) is 0 Å². The van der Waals surface area contributed by atoms with Gasteiger partial charge in [-0.1, -0.05) is 317 Å². The molecule has 1 N–H and O–H groups in total. The van der Waals surface area contributed by atoms with Gasteiger partial charge < -0.3 is 28.5 Å². The summed E-state index contributed by atoms with van der Waals surface area (Å²) >= 11 is 0. The van der Waals surface area contributed by atoms with Crippen LogP contribution in [0.1, 0.15) is 335 Å². The highest BCUT2D eigenvalue weighted by atomic mass is 31.2. The van der Waals surface area contributed by atoms with Gasteiger partial charge in [-0.25, -0.2) is 0 Å². The first-order valence-electron chi connectivity index (χ1n) is 37.7. The fourth-order valence-corrected chi connectivity index (χ4v) is 11.4. The second kappa shape index (κ2) is 68.5. The SMILES string of the molecule is CC/C=C\C/C=C\C/C=C\C/C=C\C/C=C\CCCCCCCCCCCCCC(=O)OC(/C=C/CCCCCCCCCCCC)C(COP(=O)([O-])OCC[N+](C)(C)C)NC(=O)CCCCCCCCCCCCCC/C=C\C/C=C\C/C=C\CCCCC. The quantitative estimate of drug-likeness (QED) is 0.0212. The molecule has 0 aromatic rings. The zero-order valence-corrected chi connectivity index (χ0v) is 60.5. The number of ether oxygens (including phenoxy) is 1. The molecule has 0 spiro atoms. The molecule has 0 aliphatic heterocycles. The van der Waals surface area contributed by atoms with Crippen LogP contribution >= 0.6 is 7.82 Å². The Kier molecular flexibility index (Phi) is 66.0. The molecule has 0 aliphatic rings. The highest BCUT2D eigenvalue weighted by Gasteiger charge is 2.27. The molecule has 3 atom stereocenters. The van der Waals surface area contributed by atoms with Crippen molar-refractivity contribution in [2.24, 2.45) is 0 Å². The van der Waals surface area contributed by atoms with Gasteiger partial charge in [0.15, 0.2) is 0 Å². The minimum Gasteiger partial charge on any atom is -0.756 e. The molecule has 0 rings (SSSR count). The zero-order chi connectivity index (χ0) is 65.6. The van der Waals surface area contributed by atoms with Gasteiger partial charge in [0.05, 0.1) is 33.8 Å². The molecule has 90 heavy (non-hydrogen) atoms. The van der Waals surface area contributed by atoms with Gasteiger partial charge in [-0.3, -0.25) is 14.2 Å². The summed E-state index contributed by atoms with van der Waals surface area (Å²) in [5.74, 6) is -0.542. The Balaban J connectivity index is 5.00. The third kappa shape index (κ3) is 69.0. The number of hydrogen-bond donors (Lipinski definition) is 1. The molecule has 0 aromatic heterocycles. The van der Waals surface area contributed by atoms with Crippen molar-refractivity contribution in [3.63, 3.8) is 0 Å². The van der Waals surface area contributed by atoms with E-state index in [1.54, 1.807) is 0 Å². The monoisotopic (exact) mass is 1280 g/mol. The fraction of sp³-hybridized carbons (Fsp3) is 0.750. The lowest BCUT2D eigenvalue weighted by molar-refractivity contribution is -0.870. The molecule has 0 heterocycles. The van der Waals surface area contributed by atoms with Crippen LogP contribution < -0.4 is 10.2 Å². The largest absolute Gasteiger partial charge is 0.756 e. The van der Waals surface area contributed by atoms with Crippen LogP contribution in [0.5, 0.6) is 0 Å². The highest BCUT2D eigenvalue weighted by Crippen LogP contribution is 2.38. The van der Waals surface area contributed by atoms with Gasteiger partial charge >= 0.3 is 5.97 Å². The number of rotatable bonds is 68. The van der Waals surface area contributed by atoms with E-state index in [2.05, 4.69) is 123 Å². The van der Waals surface area contributed by atoms with Crippen molar-refractivity contribution in [1.82, 2.24) is 5.32 Å². The maximum Gasteiger partial charge on any atom is 0.306 e. The second-order valence-electron chi connectivity index (χ2n) is 26.4. The molecule has 1 amide bonds. The first-order valence-corrected chi connectivity index (χ1v) is 39.2. The summed E-state index contributed by atoms with van der Waals surface area (Å²) in [5.41, 5.74) is 0. The van der Waals surface area contributed by atoms with Crippen LogP contribution in [0.2, 0.25) is 0 Å². The number of allylic oxidation sites excluding steroid dienone is 17. The Morgan fingerprint density at radius 3 is 1.09 bits per heavy atom. The highest BCUT2D eigenvalue weighted by molar-refractivity contribution is 7.45. The standard InChI is InChI=1S/C80H143N2O7P/c1-7-10-13-16-19-22-25-28-30-32-34-36-38-40-41-43-45-47-49-51-53-55-58-61-64-67-70-73-80(84)89-78(71-68-65-62-59-56-27-24-21-18-15-12-9-3)77(76-88-90(85,86)87-75-74-82(4,5)6)81-79(83)72-69-66-63-60-57-54-52-50-48-46-44-42-39-37-35-33-31-29-26-23-20-17-14-11-8-2/h10,13,19-20,22-23,28-31,34-37,40-41,68,71,77-78H,7-9,11-12,14-18,21,24-27,32-33,38-39,42-67,69-70,72-76H2,1-6H3,(H-,81,83,85,86)/b13-10-,22-19-,23-20-,30-28-,31-29-,36-34-,37-35-,41-40-,71-68+. The lowest BCUT2D eigenvalue weighted by atomic mass is 10.0. The van der Waals surface area contributed by atoms with Gasteiger partial charge in [0.2, 0.25) is 5.91 Å². The Labute approximate surface area is 557 Å². The molecule has 0 radical (unpaired) electrons. The summed E-state index contributed by atoms with van der Waals surface area (Å²) < 4.78 is 30.5. The van der Waals surface area contributed by atoms with E-state index in [1.165, 1.54) is 193 Å². The Hall–Kier alpha value is -3.33. The van der Waals surface area contributed by atoms with Crippen molar-refractivity contribution in [2.45, 2.75) is 348 Å². The zero-order valence-electron chi connectivity index (χ0n) is 59.6. The van der Waals surface area contributed by atoms with Crippen molar-refractivity contribution in [3.05, 3.63) is 109 Å². The number of nitrogens with one attached hydrogen (secondary N) is 1. The van der Waals surface area contributed by atoms with Crippen LogP contribution in [-0.4, -0.2) is 69.4 Å². The maximum absolute atomic E-state index is 13.6. The van der Waals surface area contributed by atoms with E-state index in [9.17, 15) is 19.0 Å². The average Bonchev–Trinajstić information content (AvgIpc) is 3.12. The number of carbonyl (C=O) groups excluding carboxylic acids is 2. The number of likely N-dealkylation sites (N-methyl/N-ethyl adjacent to an activating group) is 1. The van der Waals surface area contributed by atoms with E-state index in [0.29, 0.717) is 17.4 Å². The number of esters is 1. The summed E-state index contributed by atoms with van der Waals surface area (Å²) in [6, 6.07) is -0.898. The van der Waals surface area contributed by atoms with E-state index in [-0.39, 0.29) is 24.9 Å². The molecule has 0 bridgehead atoms. The van der Waals surface area contributed by atoms with Crippen molar-refractivity contribution >= 4 is 19.7 Å². The van der Waals surface area contributed by atoms with Crippen LogP contribution in [0.3, 0.4) is 0 Å². The van der Waals surface area contributed by atoms with E-state index >= 15 is 0 Å². The van der Waals surface area contributed by atoms with Crippen molar-refractivity contribution in [2.75, 3.05) is 40.9 Å². The van der Waals surface area contributed by atoms with Crippen LogP contribution in [0.4, 0.5) is 0 Å². The minimum atomic E-state index is -4.71. The van der Waals surface area contributed by atoms with Crippen molar-refractivity contribution in [1.29, 1.82) is 0 Å².